The van der Waals surface area contributed by atoms with Gasteiger partial charge in [-0.1, -0.05) is 323 Å². The summed E-state index contributed by atoms with van der Waals surface area (Å²) in [4.78, 5) is 38.2. The minimum atomic E-state index is -0.761. The SMILES string of the molecule is CCCCCCCCCCCCCCCCCCCCCCCCCC(=O)OCC(COC(=O)CCCCCCCCCCCCCCC)OC(=O)CCCCCCCCCCCCCCCC. The highest BCUT2D eigenvalue weighted by Crippen LogP contribution is 2.18. The van der Waals surface area contributed by atoms with E-state index in [0.717, 1.165) is 57.8 Å². The largest absolute Gasteiger partial charge is 0.462 e. The minimum Gasteiger partial charge on any atom is -0.462 e. The smallest absolute Gasteiger partial charge is 0.306 e. The summed E-state index contributed by atoms with van der Waals surface area (Å²) in [6, 6.07) is 0. The van der Waals surface area contributed by atoms with Crippen LogP contribution in [0.25, 0.3) is 0 Å². The van der Waals surface area contributed by atoms with Gasteiger partial charge in [0.2, 0.25) is 0 Å². The number of unbranched alkanes of at least 4 members (excludes halogenated alkanes) is 47. The first-order valence-corrected chi connectivity index (χ1v) is 31.0. The molecule has 0 aromatic carbocycles. The molecule has 0 saturated heterocycles. The Labute approximate surface area is 425 Å². The highest BCUT2D eigenvalue weighted by atomic mass is 16.6. The maximum atomic E-state index is 12.9. The lowest BCUT2D eigenvalue weighted by atomic mass is 10.0. The number of carbonyl (C=O) groups is 3. The molecular formula is C62H120O6. The van der Waals surface area contributed by atoms with E-state index in [1.165, 1.54) is 263 Å². The van der Waals surface area contributed by atoms with Gasteiger partial charge in [-0.2, -0.15) is 0 Å². The summed E-state index contributed by atoms with van der Waals surface area (Å²) in [5, 5.41) is 0. The van der Waals surface area contributed by atoms with Gasteiger partial charge < -0.3 is 14.2 Å². The van der Waals surface area contributed by atoms with E-state index in [-0.39, 0.29) is 31.1 Å². The zero-order valence-corrected chi connectivity index (χ0v) is 46.4. The quantitative estimate of drug-likeness (QED) is 0.0343. The van der Waals surface area contributed by atoms with Gasteiger partial charge >= 0.3 is 17.9 Å². The minimum absolute atomic E-state index is 0.0608. The molecule has 0 amide bonds. The molecule has 0 spiro atoms. The molecule has 0 radical (unpaired) electrons. The van der Waals surface area contributed by atoms with Crippen LogP contribution in [-0.2, 0) is 28.6 Å². The Morgan fingerprint density at radius 1 is 0.235 bits per heavy atom. The number of hydrogen-bond donors (Lipinski definition) is 0. The van der Waals surface area contributed by atoms with Gasteiger partial charge in [-0.25, -0.2) is 0 Å². The van der Waals surface area contributed by atoms with Crippen molar-refractivity contribution in [2.24, 2.45) is 0 Å². The maximum absolute atomic E-state index is 12.9. The first kappa shape index (κ1) is 66.4. The van der Waals surface area contributed by atoms with Crippen molar-refractivity contribution < 1.29 is 28.6 Å². The Morgan fingerprint density at radius 3 is 0.588 bits per heavy atom. The van der Waals surface area contributed by atoms with Crippen molar-refractivity contribution >= 4 is 17.9 Å². The molecule has 1 atom stereocenters. The van der Waals surface area contributed by atoms with E-state index in [1.54, 1.807) is 0 Å². The molecule has 0 aliphatic carbocycles. The van der Waals surface area contributed by atoms with Gasteiger partial charge in [-0.15, -0.1) is 0 Å². The molecule has 0 aliphatic rings. The summed E-state index contributed by atoms with van der Waals surface area (Å²) < 4.78 is 16.9. The fourth-order valence-electron chi connectivity index (χ4n) is 9.68. The molecule has 68 heavy (non-hydrogen) atoms. The van der Waals surface area contributed by atoms with Crippen molar-refractivity contribution in [1.82, 2.24) is 0 Å². The third-order valence-electron chi connectivity index (χ3n) is 14.4. The van der Waals surface area contributed by atoms with E-state index in [9.17, 15) is 14.4 Å². The molecule has 6 heteroatoms. The lowest BCUT2D eigenvalue weighted by Gasteiger charge is -2.18. The van der Waals surface area contributed by atoms with Gasteiger partial charge in [0, 0.05) is 19.3 Å². The lowest BCUT2D eigenvalue weighted by molar-refractivity contribution is -0.167. The van der Waals surface area contributed by atoms with E-state index >= 15 is 0 Å². The molecule has 0 aromatic heterocycles. The molecule has 0 rings (SSSR count). The number of ether oxygens (including phenoxy) is 3. The third-order valence-corrected chi connectivity index (χ3v) is 14.4. The van der Waals surface area contributed by atoms with E-state index in [4.69, 9.17) is 14.2 Å². The molecule has 0 fully saturated rings. The first-order valence-electron chi connectivity index (χ1n) is 31.0. The van der Waals surface area contributed by atoms with Crippen molar-refractivity contribution in [2.75, 3.05) is 13.2 Å². The molecule has 0 N–H and O–H groups in total. The Balaban J connectivity index is 4.19. The van der Waals surface area contributed by atoms with Gasteiger partial charge in [-0.05, 0) is 19.3 Å². The molecule has 404 valence electrons. The fourth-order valence-corrected chi connectivity index (χ4v) is 9.68. The van der Waals surface area contributed by atoms with Gasteiger partial charge in [0.1, 0.15) is 13.2 Å². The highest BCUT2D eigenvalue weighted by molar-refractivity contribution is 5.71. The van der Waals surface area contributed by atoms with E-state index in [1.807, 2.05) is 0 Å². The van der Waals surface area contributed by atoms with Crippen LogP contribution in [0, 0.1) is 0 Å². The molecule has 0 heterocycles. The van der Waals surface area contributed by atoms with Crippen molar-refractivity contribution in [2.45, 2.75) is 367 Å². The van der Waals surface area contributed by atoms with Gasteiger partial charge in [0.25, 0.3) is 0 Å². The van der Waals surface area contributed by atoms with Gasteiger partial charge in [0.05, 0.1) is 0 Å². The summed E-state index contributed by atoms with van der Waals surface area (Å²) >= 11 is 0. The molecule has 0 bridgehead atoms. The van der Waals surface area contributed by atoms with Crippen LogP contribution in [0.5, 0.6) is 0 Å². The van der Waals surface area contributed by atoms with Crippen molar-refractivity contribution in [3.05, 3.63) is 0 Å². The average Bonchev–Trinajstić information content (AvgIpc) is 3.34. The fraction of sp³-hybridized carbons (Fsp3) is 0.952. The van der Waals surface area contributed by atoms with Crippen molar-refractivity contribution in [3.63, 3.8) is 0 Å². The topological polar surface area (TPSA) is 78.9 Å². The van der Waals surface area contributed by atoms with Crippen LogP contribution in [0.15, 0.2) is 0 Å². The maximum Gasteiger partial charge on any atom is 0.306 e. The lowest BCUT2D eigenvalue weighted by Crippen LogP contribution is -2.30. The standard InChI is InChI=1S/C62H120O6/c1-4-7-10-13-16-19-22-25-27-28-29-30-31-32-33-34-35-38-40-43-46-49-52-55-61(64)67-58-59(57-66-60(63)54-51-48-45-42-39-36-24-21-18-15-12-9-6-3)68-62(65)56-53-50-47-44-41-37-26-23-20-17-14-11-8-5-2/h59H,4-58H2,1-3H3. The summed E-state index contributed by atoms with van der Waals surface area (Å²) in [6.07, 6.45) is 65.4. The van der Waals surface area contributed by atoms with Crippen LogP contribution in [0.4, 0.5) is 0 Å². The number of carbonyl (C=O) groups excluding carboxylic acids is 3. The average molecular weight is 962 g/mol. The molecule has 0 saturated carbocycles. The Kier molecular flexibility index (Phi) is 56.6. The van der Waals surface area contributed by atoms with Crippen molar-refractivity contribution in [3.8, 4) is 0 Å². The van der Waals surface area contributed by atoms with Gasteiger partial charge in [-0.3, -0.25) is 14.4 Å². The predicted molar refractivity (Wildman–Crippen MR) is 294 cm³/mol. The highest BCUT2D eigenvalue weighted by Gasteiger charge is 2.19. The van der Waals surface area contributed by atoms with Crippen LogP contribution < -0.4 is 0 Å². The number of rotatable bonds is 58. The van der Waals surface area contributed by atoms with Crippen LogP contribution in [0.2, 0.25) is 0 Å². The zero-order chi connectivity index (χ0) is 49.3. The van der Waals surface area contributed by atoms with Crippen LogP contribution in [0.1, 0.15) is 361 Å². The third kappa shape index (κ3) is 55.3. The van der Waals surface area contributed by atoms with Crippen LogP contribution in [0.3, 0.4) is 0 Å². The second kappa shape index (κ2) is 58.0. The second-order valence-corrected chi connectivity index (χ2v) is 21.3. The van der Waals surface area contributed by atoms with E-state index in [2.05, 4.69) is 20.8 Å². The Morgan fingerprint density at radius 2 is 0.397 bits per heavy atom. The Bertz CT molecular complexity index is 1010. The first-order chi connectivity index (χ1) is 33.5. The predicted octanol–water partition coefficient (Wildman–Crippen LogP) is 20.7. The second-order valence-electron chi connectivity index (χ2n) is 21.3. The molecule has 1 unspecified atom stereocenters. The van der Waals surface area contributed by atoms with Crippen LogP contribution >= 0.6 is 0 Å². The van der Waals surface area contributed by atoms with E-state index in [0.29, 0.717) is 19.3 Å². The van der Waals surface area contributed by atoms with E-state index < -0.39 is 6.10 Å². The monoisotopic (exact) mass is 961 g/mol. The van der Waals surface area contributed by atoms with Crippen molar-refractivity contribution in [1.29, 1.82) is 0 Å². The Hall–Kier alpha value is -1.59. The normalized spacial score (nSPS) is 11.9. The number of esters is 3. The molecular weight excluding hydrogens is 841 g/mol. The molecule has 0 aliphatic heterocycles. The summed E-state index contributed by atoms with van der Waals surface area (Å²) in [6.45, 7) is 6.71. The summed E-state index contributed by atoms with van der Waals surface area (Å²) in [5.74, 6) is -0.829. The number of hydrogen-bond acceptors (Lipinski definition) is 6. The molecule has 0 aromatic rings. The zero-order valence-electron chi connectivity index (χ0n) is 46.4. The summed E-state index contributed by atoms with van der Waals surface area (Å²) in [7, 11) is 0. The summed E-state index contributed by atoms with van der Waals surface area (Å²) in [5.41, 5.74) is 0. The van der Waals surface area contributed by atoms with Crippen LogP contribution in [-0.4, -0.2) is 37.2 Å². The van der Waals surface area contributed by atoms with Gasteiger partial charge in [0.15, 0.2) is 6.10 Å². The molecule has 6 nitrogen and oxygen atoms in total.